The molecule has 1 amide bonds. The zero-order valence-corrected chi connectivity index (χ0v) is 17.7. The van der Waals surface area contributed by atoms with Gasteiger partial charge in [0, 0.05) is 30.6 Å². The van der Waals surface area contributed by atoms with Gasteiger partial charge >= 0.3 is 0 Å². The molecule has 3 unspecified atom stereocenters. The number of rotatable bonds is 4. The molecule has 3 heterocycles. The molecule has 5 heteroatoms. The monoisotopic (exact) mass is 418 g/mol. The first-order valence-electron chi connectivity index (χ1n) is 11.6. The van der Waals surface area contributed by atoms with Gasteiger partial charge in [0.2, 0.25) is 5.91 Å². The summed E-state index contributed by atoms with van der Waals surface area (Å²) in [6, 6.07) is 21.4. The highest BCUT2D eigenvalue weighted by Gasteiger charge is 2.62. The molecule has 0 aromatic heterocycles. The van der Waals surface area contributed by atoms with Crippen LogP contribution in [0.15, 0.2) is 60.7 Å². The van der Waals surface area contributed by atoms with Gasteiger partial charge in [0.05, 0.1) is 19.3 Å². The number of piperidine rings is 2. The molecule has 3 saturated heterocycles. The molecule has 5 nitrogen and oxygen atoms in total. The fourth-order valence-electron chi connectivity index (χ4n) is 6.03. The number of likely N-dealkylation sites (tertiary alicyclic amines) is 1. The van der Waals surface area contributed by atoms with E-state index in [4.69, 9.17) is 4.74 Å². The van der Waals surface area contributed by atoms with E-state index in [1.807, 2.05) is 35.2 Å². The number of fused-ring (bicyclic) bond motifs is 4. The summed E-state index contributed by atoms with van der Waals surface area (Å²) in [5, 5.41) is 9.37. The number of aliphatic hydroxyl groups excluding tert-OH is 1. The van der Waals surface area contributed by atoms with Crippen LogP contribution in [0.2, 0.25) is 0 Å². The van der Waals surface area contributed by atoms with Crippen LogP contribution in [-0.2, 0) is 16.1 Å². The molecule has 7 atom stereocenters. The number of hydrogen-bond acceptors (Lipinski definition) is 4. The van der Waals surface area contributed by atoms with Gasteiger partial charge < -0.3 is 14.7 Å². The quantitative estimate of drug-likeness (QED) is 0.829. The van der Waals surface area contributed by atoms with Crippen molar-refractivity contribution in [2.75, 3.05) is 19.8 Å². The van der Waals surface area contributed by atoms with E-state index in [0.29, 0.717) is 43.0 Å². The first kappa shape index (κ1) is 19.5. The minimum atomic E-state index is -0.133. The maximum absolute atomic E-state index is 12.1. The zero-order valence-electron chi connectivity index (χ0n) is 17.7. The van der Waals surface area contributed by atoms with Crippen LogP contribution >= 0.6 is 0 Å². The number of nitrogens with zero attached hydrogens (tertiary/aromatic N) is 2. The van der Waals surface area contributed by atoms with Crippen LogP contribution in [0.3, 0.4) is 0 Å². The van der Waals surface area contributed by atoms with Crippen LogP contribution in [0.1, 0.15) is 30.2 Å². The molecule has 5 fully saturated rings. The van der Waals surface area contributed by atoms with Gasteiger partial charge in [-0.25, -0.2) is 0 Å². The van der Waals surface area contributed by atoms with Gasteiger partial charge in [0.25, 0.3) is 0 Å². The second kappa shape index (κ2) is 7.73. The molecule has 3 aliphatic heterocycles. The van der Waals surface area contributed by atoms with Crippen LogP contribution in [0.4, 0.5) is 0 Å². The summed E-state index contributed by atoms with van der Waals surface area (Å²) in [6.45, 7) is 3.23. The fraction of sp³-hybridized carbons (Fsp3) is 0.500. The largest absolute Gasteiger partial charge is 0.395 e. The maximum Gasteiger partial charge on any atom is 0.228 e. The Hall–Kier alpha value is -2.21. The molecular formula is C26H30N2O3. The van der Waals surface area contributed by atoms with Crippen molar-refractivity contribution < 1.29 is 14.6 Å². The molecule has 0 spiro atoms. The van der Waals surface area contributed by atoms with Crippen molar-refractivity contribution >= 4 is 5.91 Å². The number of carbonyl (C=O) groups is 1. The maximum atomic E-state index is 12.1. The lowest BCUT2D eigenvalue weighted by Crippen LogP contribution is -2.35. The van der Waals surface area contributed by atoms with Crippen LogP contribution in [0.5, 0.6) is 0 Å². The normalized spacial score (nSPS) is 37.0. The highest BCUT2D eigenvalue weighted by Crippen LogP contribution is 2.55. The highest BCUT2D eigenvalue weighted by atomic mass is 16.5. The van der Waals surface area contributed by atoms with Crippen LogP contribution < -0.4 is 0 Å². The Morgan fingerprint density at radius 1 is 0.968 bits per heavy atom. The standard InChI is InChI=1S/C13H13NO2.C13H17NO/c15-12-10-6-9(10)11-7-16-13(14(11)12)8-4-2-1-3-5-8;15-9-13-12-6-11(12)8-14(13)7-10-4-2-1-3-5-10/h1-5,9-11,13H,6-7H2;1-5,11-13,15H,6-9H2/t9-,10?,11+,13?;11?,12-,13+/m00/s1. The lowest BCUT2D eigenvalue weighted by atomic mass is 10.1. The van der Waals surface area contributed by atoms with Crippen molar-refractivity contribution in [1.82, 2.24) is 9.80 Å². The number of carbonyl (C=O) groups excluding carboxylic acids is 1. The Balaban J connectivity index is 0.000000120. The summed E-state index contributed by atoms with van der Waals surface area (Å²) >= 11 is 0. The molecule has 2 aromatic rings. The minimum Gasteiger partial charge on any atom is -0.395 e. The molecule has 2 aliphatic carbocycles. The summed E-state index contributed by atoms with van der Waals surface area (Å²) < 4.78 is 5.78. The Morgan fingerprint density at radius 2 is 1.71 bits per heavy atom. The van der Waals surface area contributed by atoms with Gasteiger partial charge in [-0.15, -0.1) is 0 Å². The number of amides is 1. The first-order valence-corrected chi connectivity index (χ1v) is 11.6. The van der Waals surface area contributed by atoms with Crippen LogP contribution in [0.25, 0.3) is 0 Å². The van der Waals surface area contributed by atoms with Gasteiger partial charge in [0.1, 0.15) is 0 Å². The molecule has 2 aromatic carbocycles. The van der Waals surface area contributed by atoms with Crippen molar-refractivity contribution in [3.63, 3.8) is 0 Å². The smallest absolute Gasteiger partial charge is 0.228 e. The zero-order chi connectivity index (χ0) is 20.9. The highest BCUT2D eigenvalue weighted by molar-refractivity contribution is 5.86. The van der Waals surface area contributed by atoms with E-state index in [2.05, 4.69) is 35.2 Å². The van der Waals surface area contributed by atoms with E-state index in [9.17, 15) is 9.90 Å². The molecule has 0 bridgehead atoms. The summed E-state index contributed by atoms with van der Waals surface area (Å²) in [5.74, 6) is 2.88. The number of benzene rings is 2. The second-order valence-corrected chi connectivity index (χ2v) is 9.74. The fourth-order valence-corrected chi connectivity index (χ4v) is 6.03. The minimum absolute atomic E-state index is 0.133. The molecule has 1 N–H and O–H groups in total. The number of ether oxygens (including phenoxy) is 1. The average Bonchev–Trinajstić information content (AvgIpc) is 3.66. The van der Waals surface area contributed by atoms with Crippen molar-refractivity contribution in [3.8, 4) is 0 Å². The predicted octanol–water partition coefficient (Wildman–Crippen LogP) is 3.06. The van der Waals surface area contributed by atoms with E-state index in [-0.39, 0.29) is 6.23 Å². The summed E-state index contributed by atoms with van der Waals surface area (Å²) in [6.07, 6.45) is 2.30. The van der Waals surface area contributed by atoms with Crippen molar-refractivity contribution in [3.05, 3.63) is 71.8 Å². The topological polar surface area (TPSA) is 53.0 Å². The summed E-state index contributed by atoms with van der Waals surface area (Å²) in [4.78, 5) is 16.5. The van der Waals surface area contributed by atoms with E-state index < -0.39 is 0 Å². The molecule has 162 valence electrons. The Kier molecular flexibility index (Phi) is 4.86. The van der Waals surface area contributed by atoms with E-state index >= 15 is 0 Å². The van der Waals surface area contributed by atoms with Crippen LogP contribution in [0, 0.1) is 23.7 Å². The number of hydrogen-bond donors (Lipinski definition) is 1. The third-order valence-corrected chi connectivity index (χ3v) is 7.85. The predicted molar refractivity (Wildman–Crippen MR) is 117 cm³/mol. The molecular weight excluding hydrogens is 388 g/mol. The lowest BCUT2D eigenvalue weighted by Gasteiger charge is -2.25. The van der Waals surface area contributed by atoms with E-state index in [1.165, 1.54) is 18.5 Å². The summed E-state index contributed by atoms with van der Waals surface area (Å²) in [5.41, 5.74) is 2.46. The van der Waals surface area contributed by atoms with Gasteiger partial charge in [-0.1, -0.05) is 60.7 Å². The van der Waals surface area contributed by atoms with Crippen molar-refractivity contribution in [1.29, 1.82) is 0 Å². The van der Waals surface area contributed by atoms with E-state index in [1.54, 1.807) is 0 Å². The van der Waals surface area contributed by atoms with Crippen molar-refractivity contribution in [2.45, 2.75) is 37.7 Å². The lowest BCUT2D eigenvalue weighted by molar-refractivity contribution is -0.136. The van der Waals surface area contributed by atoms with Crippen LogP contribution in [-0.4, -0.2) is 52.7 Å². The Labute approximate surface area is 183 Å². The molecule has 31 heavy (non-hydrogen) atoms. The van der Waals surface area contributed by atoms with Gasteiger partial charge in [-0.2, -0.15) is 0 Å². The van der Waals surface area contributed by atoms with Gasteiger partial charge in [-0.05, 0) is 36.2 Å². The summed E-state index contributed by atoms with van der Waals surface area (Å²) in [7, 11) is 0. The second-order valence-electron chi connectivity index (χ2n) is 9.74. The molecule has 7 rings (SSSR count). The Morgan fingerprint density at radius 3 is 2.45 bits per heavy atom. The van der Waals surface area contributed by atoms with Crippen molar-refractivity contribution in [2.24, 2.45) is 23.7 Å². The number of aliphatic hydroxyl groups is 1. The third kappa shape index (κ3) is 3.49. The Bertz CT molecular complexity index is 936. The molecule has 2 saturated carbocycles. The van der Waals surface area contributed by atoms with E-state index in [0.717, 1.165) is 30.4 Å². The van der Waals surface area contributed by atoms with Gasteiger partial charge in [0.15, 0.2) is 6.23 Å². The first-order chi connectivity index (χ1) is 15.2. The molecule has 5 aliphatic rings. The SMILES string of the molecule is O=C1C2C[C@@H]2[C@H]2COC(c3ccccc3)N12.OC[C@@H]1[C@H]2CC2CN1Cc1ccccc1. The van der Waals surface area contributed by atoms with Gasteiger partial charge in [-0.3, -0.25) is 9.69 Å². The molecule has 0 radical (unpaired) electrons. The third-order valence-electron chi connectivity index (χ3n) is 7.85. The average molecular weight is 419 g/mol.